The molecule has 1 aliphatic carbocycles. The van der Waals surface area contributed by atoms with Gasteiger partial charge in [-0.25, -0.2) is 13.1 Å². The summed E-state index contributed by atoms with van der Waals surface area (Å²) in [6, 6.07) is 0.540. The zero-order chi connectivity index (χ0) is 13.2. The second-order valence-electron chi connectivity index (χ2n) is 5.76. The maximum Gasteiger partial charge on any atom is 0.215 e. The van der Waals surface area contributed by atoms with Crippen molar-refractivity contribution < 1.29 is 13.2 Å². The van der Waals surface area contributed by atoms with E-state index >= 15 is 0 Å². The maximum absolute atomic E-state index is 12.1. The predicted octanol–water partition coefficient (Wildman–Crippen LogP) is 0.615. The Bertz CT molecular complexity index is 373. The summed E-state index contributed by atoms with van der Waals surface area (Å²) in [5.74, 6) is 0. The van der Waals surface area contributed by atoms with E-state index in [1.54, 1.807) is 6.92 Å². The summed E-state index contributed by atoms with van der Waals surface area (Å²) in [5.41, 5.74) is -0.323. The van der Waals surface area contributed by atoms with Gasteiger partial charge in [0.25, 0.3) is 0 Å². The zero-order valence-corrected chi connectivity index (χ0v) is 12.1. The van der Waals surface area contributed by atoms with Gasteiger partial charge in [-0.2, -0.15) is 0 Å². The van der Waals surface area contributed by atoms with Crippen LogP contribution in [0.5, 0.6) is 0 Å². The third-order valence-electron chi connectivity index (χ3n) is 3.75. The molecule has 2 fully saturated rings. The molecular formula is C12H24N2O3S. The molecule has 0 spiro atoms. The molecule has 1 aliphatic heterocycles. The topological polar surface area (TPSA) is 67.4 Å². The zero-order valence-electron chi connectivity index (χ0n) is 11.2. The molecule has 0 aromatic heterocycles. The van der Waals surface area contributed by atoms with Gasteiger partial charge in [0.1, 0.15) is 0 Å². The average molecular weight is 276 g/mol. The van der Waals surface area contributed by atoms with Gasteiger partial charge in [-0.05, 0) is 39.5 Å². The normalized spacial score (nSPS) is 30.6. The summed E-state index contributed by atoms with van der Waals surface area (Å²) in [4.78, 5) is 0. The highest BCUT2D eigenvalue weighted by atomic mass is 32.2. The van der Waals surface area contributed by atoms with E-state index in [1.807, 2.05) is 6.92 Å². The molecule has 1 saturated heterocycles. The average Bonchev–Trinajstić information content (AvgIpc) is 3.06. The molecule has 0 amide bonds. The van der Waals surface area contributed by atoms with Crippen LogP contribution in [-0.2, 0) is 14.8 Å². The van der Waals surface area contributed by atoms with Gasteiger partial charge < -0.3 is 10.1 Å². The van der Waals surface area contributed by atoms with Crippen molar-refractivity contribution in [2.45, 2.75) is 56.4 Å². The van der Waals surface area contributed by atoms with E-state index in [2.05, 4.69) is 10.0 Å². The summed E-state index contributed by atoms with van der Waals surface area (Å²) in [7, 11) is -3.25. The first-order chi connectivity index (χ1) is 8.41. The summed E-state index contributed by atoms with van der Waals surface area (Å²) in [6.45, 7) is 5.35. The Hall–Kier alpha value is -0.170. The van der Waals surface area contributed by atoms with Gasteiger partial charge in [-0.1, -0.05) is 0 Å². The minimum Gasteiger partial charge on any atom is -0.374 e. The largest absolute Gasteiger partial charge is 0.374 e. The Morgan fingerprint density at radius 2 is 2.17 bits per heavy atom. The van der Waals surface area contributed by atoms with Crippen LogP contribution in [0, 0.1) is 0 Å². The first-order valence-electron chi connectivity index (χ1n) is 6.77. The second-order valence-corrected chi connectivity index (χ2v) is 7.94. The third kappa shape index (κ3) is 3.91. The van der Waals surface area contributed by atoms with E-state index in [0.29, 0.717) is 19.1 Å². The Kier molecular flexibility index (Phi) is 4.31. The van der Waals surface area contributed by atoms with E-state index in [4.69, 9.17) is 4.74 Å². The van der Waals surface area contributed by atoms with Gasteiger partial charge in [0, 0.05) is 25.7 Å². The van der Waals surface area contributed by atoms with Gasteiger partial charge in [0.2, 0.25) is 10.0 Å². The molecule has 1 saturated carbocycles. The predicted molar refractivity (Wildman–Crippen MR) is 71.0 cm³/mol. The van der Waals surface area contributed by atoms with E-state index in [-0.39, 0.29) is 5.60 Å². The number of nitrogens with one attached hydrogen (secondary N) is 2. The van der Waals surface area contributed by atoms with Crippen LogP contribution in [0.3, 0.4) is 0 Å². The molecule has 2 rings (SSSR count). The highest BCUT2D eigenvalue weighted by Gasteiger charge is 2.32. The van der Waals surface area contributed by atoms with E-state index in [0.717, 1.165) is 19.4 Å². The first-order valence-corrected chi connectivity index (χ1v) is 8.32. The van der Waals surface area contributed by atoms with Crippen molar-refractivity contribution in [2.75, 3.05) is 19.7 Å². The lowest BCUT2D eigenvalue weighted by atomic mass is 10.0. The molecule has 0 aromatic carbocycles. The summed E-state index contributed by atoms with van der Waals surface area (Å²) < 4.78 is 32.4. The SMILES string of the molecule is CC(CNC1CC1)S(=O)(=O)NCC1(C)CCCO1. The Balaban J connectivity index is 1.77. The fourth-order valence-corrected chi connectivity index (χ4v) is 3.21. The first kappa shape index (κ1) is 14.2. The van der Waals surface area contributed by atoms with Crippen LogP contribution in [-0.4, -0.2) is 45.0 Å². The summed E-state index contributed by atoms with van der Waals surface area (Å²) in [6.07, 6.45) is 4.28. The second kappa shape index (κ2) is 5.45. The Morgan fingerprint density at radius 3 is 2.72 bits per heavy atom. The molecule has 2 unspecified atom stereocenters. The number of sulfonamides is 1. The molecule has 0 bridgehead atoms. The van der Waals surface area contributed by atoms with Gasteiger partial charge >= 0.3 is 0 Å². The monoisotopic (exact) mass is 276 g/mol. The highest BCUT2D eigenvalue weighted by molar-refractivity contribution is 7.90. The molecule has 0 radical (unpaired) electrons. The van der Waals surface area contributed by atoms with Crippen molar-refractivity contribution in [1.82, 2.24) is 10.0 Å². The van der Waals surface area contributed by atoms with Crippen molar-refractivity contribution >= 4 is 10.0 Å². The minimum atomic E-state index is -3.25. The lowest BCUT2D eigenvalue weighted by Gasteiger charge is -2.24. The number of hydrogen-bond acceptors (Lipinski definition) is 4. The van der Waals surface area contributed by atoms with Crippen molar-refractivity contribution in [3.05, 3.63) is 0 Å². The molecule has 0 aromatic rings. The van der Waals surface area contributed by atoms with Gasteiger partial charge in [0.05, 0.1) is 10.9 Å². The fraction of sp³-hybridized carbons (Fsp3) is 1.00. The van der Waals surface area contributed by atoms with Crippen LogP contribution in [0.1, 0.15) is 39.5 Å². The van der Waals surface area contributed by atoms with E-state index < -0.39 is 15.3 Å². The highest BCUT2D eigenvalue weighted by Crippen LogP contribution is 2.24. The van der Waals surface area contributed by atoms with Crippen LogP contribution >= 0.6 is 0 Å². The number of hydrogen-bond donors (Lipinski definition) is 2. The van der Waals surface area contributed by atoms with E-state index in [1.165, 1.54) is 12.8 Å². The van der Waals surface area contributed by atoms with Gasteiger partial charge in [-0.3, -0.25) is 0 Å². The standard InChI is InChI=1S/C12H24N2O3S/c1-10(8-13-11-4-5-11)18(15,16)14-9-12(2)6-3-7-17-12/h10-11,13-14H,3-9H2,1-2H3. The van der Waals surface area contributed by atoms with E-state index in [9.17, 15) is 8.42 Å². The smallest absolute Gasteiger partial charge is 0.215 e. The lowest BCUT2D eigenvalue weighted by molar-refractivity contribution is 0.0250. The number of rotatable bonds is 7. The molecule has 2 N–H and O–H groups in total. The minimum absolute atomic E-state index is 0.323. The molecule has 1 heterocycles. The maximum atomic E-state index is 12.1. The van der Waals surface area contributed by atoms with Crippen molar-refractivity contribution in [3.8, 4) is 0 Å². The molecule has 2 atom stereocenters. The van der Waals surface area contributed by atoms with Crippen molar-refractivity contribution in [2.24, 2.45) is 0 Å². The molecule has 18 heavy (non-hydrogen) atoms. The lowest BCUT2D eigenvalue weighted by Crippen LogP contribution is -2.45. The summed E-state index contributed by atoms with van der Waals surface area (Å²) >= 11 is 0. The molecular weight excluding hydrogens is 252 g/mol. The van der Waals surface area contributed by atoms with Crippen molar-refractivity contribution in [1.29, 1.82) is 0 Å². The fourth-order valence-electron chi connectivity index (χ4n) is 2.10. The van der Waals surface area contributed by atoms with Crippen LogP contribution < -0.4 is 10.0 Å². The van der Waals surface area contributed by atoms with Crippen LogP contribution in [0.15, 0.2) is 0 Å². The quantitative estimate of drug-likeness (QED) is 0.715. The third-order valence-corrected chi connectivity index (χ3v) is 5.52. The van der Waals surface area contributed by atoms with Gasteiger partial charge in [-0.15, -0.1) is 0 Å². The van der Waals surface area contributed by atoms with Crippen molar-refractivity contribution in [3.63, 3.8) is 0 Å². The Labute approximate surface area is 110 Å². The molecule has 106 valence electrons. The van der Waals surface area contributed by atoms with Crippen LogP contribution in [0.25, 0.3) is 0 Å². The molecule has 5 nitrogen and oxygen atoms in total. The van der Waals surface area contributed by atoms with Gasteiger partial charge in [0.15, 0.2) is 0 Å². The molecule has 2 aliphatic rings. The molecule has 6 heteroatoms. The van der Waals surface area contributed by atoms with Crippen LogP contribution in [0.2, 0.25) is 0 Å². The Morgan fingerprint density at radius 1 is 1.44 bits per heavy atom. The number of ether oxygens (including phenoxy) is 1. The van der Waals surface area contributed by atoms with Crippen LogP contribution in [0.4, 0.5) is 0 Å². The summed E-state index contributed by atoms with van der Waals surface area (Å²) in [5, 5.41) is 2.85.